The van der Waals surface area contributed by atoms with Crippen LogP contribution in [0, 0.1) is 33.6 Å². The van der Waals surface area contributed by atoms with E-state index < -0.39 is 0 Å². The maximum atomic E-state index is 12.9. The predicted octanol–water partition coefficient (Wildman–Crippen LogP) is 0.927. The highest BCUT2D eigenvalue weighted by Crippen LogP contribution is 2.32. The molecule has 2 aromatic heterocycles. The highest BCUT2D eigenvalue weighted by atomic mass is 16.2. The molecule has 9 heteroatoms. The molecule has 29 heavy (non-hydrogen) atoms. The van der Waals surface area contributed by atoms with Crippen LogP contribution in [0.2, 0.25) is 0 Å². The van der Waals surface area contributed by atoms with Gasteiger partial charge in [-0.1, -0.05) is 0 Å². The Morgan fingerprint density at radius 2 is 1.93 bits per heavy atom. The van der Waals surface area contributed by atoms with E-state index in [0.29, 0.717) is 31.8 Å². The summed E-state index contributed by atoms with van der Waals surface area (Å²) in [5.41, 5.74) is 2.81. The zero-order valence-electron chi connectivity index (χ0n) is 17.6. The molecule has 0 aromatic carbocycles. The predicted molar refractivity (Wildman–Crippen MR) is 106 cm³/mol. The third kappa shape index (κ3) is 3.77. The van der Waals surface area contributed by atoms with Crippen molar-refractivity contribution in [2.24, 2.45) is 5.92 Å². The van der Waals surface area contributed by atoms with Crippen LogP contribution in [0.15, 0.2) is 0 Å². The maximum absolute atomic E-state index is 12.9. The second-order valence-corrected chi connectivity index (χ2v) is 8.27. The second-order valence-electron chi connectivity index (χ2n) is 8.27. The van der Waals surface area contributed by atoms with E-state index in [1.54, 1.807) is 4.68 Å². The van der Waals surface area contributed by atoms with Crippen molar-refractivity contribution >= 4 is 11.8 Å². The Morgan fingerprint density at radius 3 is 2.59 bits per heavy atom. The summed E-state index contributed by atoms with van der Waals surface area (Å²) in [5, 5.41) is 11.5. The SMILES string of the molecule is Cc1nc(C)n(CCC(=O)N2CC[C@@H]3CN(C(=O)Cc4c(C)n[nH]c4C)C[C@@H]32)n1. The van der Waals surface area contributed by atoms with E-state index in [1.807, 2.05) is 37.5 Å². The van der Waals surface area contributed by atoms with Crippen LogP contribution in [0.1, 0.15) is 41.4 Å². The first-order valence-electron chi connectivity index (χ1n) is 10.3. The number of aryl methyl sites for hydroxylation is 5. The number of hydrogen-bond donors (Lipinski definition) is 1. The minimum atomic E-state index is 0.119. The molecule has 0 aliphatic carbocycles. The monoisotopic (exact) mass is 399 g/mol. The zero-order valence-corrected chi connectivity index (χ0v) is 17.6. The molecular weight excluding hydrogens is 370 g/mol. The van der Waals surface area contributed by atoms with Crippen LogP contribution in [0.25, 0.3) is 0 Å². The van der Waals surface area contributed by atoms with Gasteiger partial charge in [-0.25, -0.2) is 9.67 Å². The van der Waals surface area contributed by atoms with Gasteiger partial charge in [-0.15, -0.1) is 0 Å². The van der Waals surface area contributed by atoms with Gasteiger partial charge in [0.15, 0.2) is 0 Å². The topological polar surface area (TPSA) is 100 Å². The normalized spacial score (nSPS) is 21.1. The van der Waals surface area contributed by atoms with Crippen LogP contribution in [0.3, 0.4) is 0 Å². The minimum Gasteiger partial charge on any atom is -0.340 e. The Balaban J connectivity index is 1.35. The number of aromatic amines is 1. The molecule has 0 unspecified atom stereocenters. The van der Waals surface area contributed by atoms with Crippen LogP contribution >= 0.6 is 0 Å². The summed E-state index contributed by atoms with van der Waals surface area (Å²) in [5.74, 6) is 2.19. The van der Waals surface area contributed by atoms with E-state index in [2.05, 4.69) is 20.3 Å². The second kappa shape index (κ2) is 7.61. The highest BCUT2D eigenvalue weighted by molar-refractivity contribution is 5.80. The van der Waals surface area contributed by atoms with Gasteiger partial charge in [0.05, 0.1) is 24.7 Å². The quantitative estimate of drug-likeness (QED) is 0.806. The molecule has 156 valence electrons. The number of nitrogens with zero attached hydrogens (tertiary/aromatic N) is 6. The molecule has 0 spiro atoms. The van der Waals surface area contributed by atoms with Gasteiger partial charge in [0, 0.05) is 43.2 Å². The summed E-state index contributed by atoms with van der Waals surface area (Å²) < 4.78 is 1.79. The van der Waals surface area contributed by atoms with Gasteiger partial charge in [-0.3, -0.25) is 14.7 Å². The summed E-state index contributed by atoms with van der Waals surface area (Å²) in [7, 11) is 0. The number of hydrogen-bond acceptors (Lipinski definition) is 5. The molecule has 0 saturated carbocycles. The molecule has 2 atom stereocenters. The summed E-state index contributed by atoms with van der Waals surface area (Å²) in [6.45, 7) is 10.3. The van der Waals surface area contributed by atoms with Crippen molar-refractivity contribution in [3.63, 3.8) is 0 Å². The average Bonchev–Trinajstić information content (AvgIpc) is 3.40. The maximum Gasteiger partial charge on any atom is 0.227 e. The van der Waals surface area contributed by atoms with Crippen LogP contribution in [0.5, 0.6) is 0 Å². The lowest BCUT2D eigenvalue weighted by atomic mass is 10.1. The van der Waals surface area contributed by atoms with E-state index in [-0.39, 0.29) is 17.9 Å². The third-order valence-electron chi connectivity index (χ3n) is 6.33. The number of nitrogens with one attached hydrogen (secondary N) is 1. The van der Waals surface area contributed by atoms with Gasteiger partial charge in [0.1, 0.15) is 11.6 Å². The Morgan fingerprint density at radius 1 is 1.14 bits per heavy atom. The largest absolute Gasteiger partial charge is 0.340 e. The van der Waals surface area contributed by atoms with Crippen molar-refractivity contribution in [1.82, 2.24) is 34.8 Å². The summed E-state index contributed by atoms with van der Waals surface area (Å²) in [6.07, 6.45) is 1.74. The molecule has 0 bridgehead atoms. The first-order valence-corrected chi connectivity index (χ1v) is 10.3. The number of aromatic nitrogens is 5. The fourth-order valence-corrected chi connectivity index (χ4v) is 4.69. The molecular formula is C20H29N7O2. The van der Waals surface area contributed by atoms with Gasteiger partial charge in [0.25, 0.3) is 0 Å². The molecule has 4 rings (SSSR count). The molecule has 2 fully saturated rings. The van der Waals surface area contributed by atoms with Crippen molar-refractivity contribution in [2.45, 2.75) is 59.5 Å². The van der Waals surface area contributed by atoms with Gasteiger partial charge in [-0.05, 0) is 34.1 Å². The number of carbonyl (C=O) groups excluding carboxylic acids is 2. The third-order valence-corrected chi connectivity index (χ3v) is 6.33. The Kier molecular flexibility index (Phi) is 5.14. The summed E-state index contributed by atoms with van der Waals surface area (Å²) in [4.78, 5) is 33.9. The first-order chi connectivity index (χ1) is 13.8. The Labute approximate surface area is 170 Å². The van der Waals surface area contributed by atoms with Crippen LogP contribution in [-0.4, -0.2) is 72.3 Å². The minimum absolute atomic E-state index is 0.119. The Hall–Kier alpha value is -2.71. The molecule has 1 N–H and O–H groups in total. The highest BCUT2D eigenvalue weighted by Gasteiger charge is 2.44. The van der Waals surface area contributed by atoms with E-state index in [1.165, 1.54) is 0 Å². The number of carbonyl (C=O) groups is 2. The molecule has 9 nitrogen and oxygen atoms in total. The molecule has 2 aliphatic rings. The lowest BCUT2D eigenvalue weighted by molar-refractivity contribution is -0.134. The fourth-order valence-electron chi connectivity index (χ4n) is 4.69. The van der Waals surface area contributed by atoms with Crippen LogP contribution in [0.4, 0.5) is 0 Å². The smallest absolute Gasteiger partial charge is 0.227 e. The number of likely N-dealkylation sites (tertiary alicyclic amines) is 2. The molecule has 2 amide bonds. The number of amides is 2. The average molecular weight is 399 g/mol. The lowest BCUT2D eigenvalue weighted by Crippen LogP contribution is -2.41. The van der Waals surface area contributed by atoms with Crippen molar-refractivity contribution in [3.8, 4) is 0 Å². The number of rotatable bonds is 5. The van der Waals surface area contributed by atoms with E-state index >= 15 is 0 Å². The molecule has 4 heterocycles. The standard InChI is InChI=1S/C20H29N7O2/c1-12-17(13(2)23-22-12)9-20(29)25-10-16-5-7-26(18(16)11-25)19(28)6-8-27-15(4)21-14(3)24-27/h16,18H,5-11H2,1-4H3,(H,22,23)/t16-,18+/m1/s1. The van der Waals surface area contributed by atoms with Gasteiger partial charge < -0.3 is 9.80 Å². The van der Waals surface area contributed by atoms with Gasteiger partial charge in [-0.2, -0.15) is 10.2 Å². The number of fused-ring (bicyclic) bond motifs is 1. The zero-order chi connectivity index (χ0) is 20.7. The van der Waals surface area contributed by atoms with Crippen molar-refractivity contribution in [3.05, 3.63) is 28.6 Å². The molecule has 2 aromatic rings. The lowest BCUT2D eigenvalue weighted by Gasteiger charge is -2.25. The van der Waals surface area contributed by atoms with Crippen molar-refractivity contribution in [2.75, 3.05) is 19.6 Å². The van der Waals surface area contributed by atoms with Crippen LogP contribution < -0.4 is 0 Å². The van der Waals surface area contributed by atoms with E-state index in [4.69, 9.17) is 0 Å². The van der Waals surface area contributed by atoms with Crippen molar-refractivity contribution in [1.29, 1.82) is 0 Å². The van der Waals surface area contributed by atoms with Gasteiger partial charge >= 0.3 is 0 Å². The van der Waals surface area contributed by atoms with Gasteiger partial charge in [0.2, 0.25) is 11.8 Å². The molecule has 2 aliphatic heterocycles. The summed E-state index contributed by atoms with van der Waals surface area (Å²) in [6, 6.07) is 0.136. The number of H-pyrrole nitrogens is 1. The first kappa shape index (κ1) is 19.6. The fraction of sp³-hybridized carbons (Fsp3) is 0.650. The van der Waals surface area contributed by atoms with E-state index in [9.17, 15) is 9.59 Å². The summed E-state index contributed by atoms with van der Waals surface area (Å²) >= 11 is 0. The van der Waals surface area contributed by atoms with E-state index in [0.717, 1.165) is 48.1 Å². The molecule has 0 radical (unpaired) electrons. The van der Waals surface area contributed by atoms with Crippen molar-refractivity contribution < 1.29 is 9.59 Å². The van der Waals surface area contributed by atoms with Crippen LogP contribution in [-0.2, 0) is 22.6 Å². The Bertz CT molecular complexity index is 912. The molecule has 2 saturated heterocycles.